The second kappa shape index (κ2) is 7.53. The first-order valence-corrected chi connectivity index (χ1v) is 8.68. The molecule has 0 saturated heterocycles. The lowest BCUT2D eigenvalue weighted by Gasteiger charge is -2.16. The number of benzene rings is 1. The Morgan fingerprint density at radius 3 is 2.52 bits per heavy atom. The molecule has 27 heavy (non-hydrogen) atoms. The highest BCUT2D eigenvalue weighted by Crippen LogP contribution is 2.18. The summed E-state index contributed by atoms with van der Waals surface area (Å²) in [6, 6.07) is 7.38. The summed E-state index contributed by atoms with van der Waals surface area (Å²) in [6.45, 7) is 6.26. The molecule has 0 atom stereocenters. The number of aromatic nitrogens is 4. The van der Waals surface area contributed by atoms with E-state index in [9.17, 15) is 9.59 Å². The highest BCUT2D eigenvalue weighted by molar-refractivity contribution is 6.04. The van der Waals surface area contributed by atoms with Crippen LogP contribution in [0.3, 0.4) is 0 Å². The Hall–Kier alpha value is -3.29. The topological polar surface area (TPSA) is 113 Å². The molecule has 0 aliphatic heterocycles. The molecule has 0 fully saturated rings. The SMILES string of the molecule is CC(C)(C)c1ncc(NC(=O)CCNC(=O)c2n[nH]c3ccccc23)cn1. The third-order valence-electron chi connectivity index (χ3n) is 3.93. The molecule has 0 aliphatic rings. The largest absolute Gasteiger partial charge is 0.350 e. The Morgan fingerprint density at radius 1 is 1.11 bits per heavy atom. The zero-order valence-corrected chi connectivity index (χ0v) is 15.5. The van der Waals surface area contributed by atoms with E-state index in [2.05, 4.69) is 30.8 Å². The van der Waals surface area contributed by atoms with E-state index in [0.29, 0.717) is 17.2 Å². The number of hydrogen-bond donors (Lipinski definition) is 3. The lowest BCUT2D eigenvalue weighted by Crippen LogP contribution is -2.28. The Labute approximate surface area is 156 Å². The van der Waals surface area contributed by atoms with Gasteiger partial charge in [0.15, 0.2) is 5.69 Å². The van der Waals surface area contributed by atoms with Crippen molar-refractivity contribution in [2.75, 3.05) is 11.9 Å². The Balaban J connectivity index is 1.50. The van der Waals surface area contributed by atoms with Crippen LogP contribution in [0.25, 0.3) is 10.9 Å². The van der Waals surface area contributed by atoms with Gasteiger partial charge in [-0.3, -0.25) is 14.7 Å². The second-order valence-corrected chi connectivity index (χ2v) is 7.22. The Bertz CT molecular complexity index is 956. The van der Waals surface area contributed by atoms with Crippen molar-refractivity contribution in [3.63, 3.8) is 0 Å². The lowest BCUT2D eigenvalue weighted by atomic mass is 9.96. The zero-order chi connectivity index (χ0) is 19.4. The first-order valence-electron chi connectivity index (χ1n) is 8.68. The summed E-state index contributed by atoms with van der Waals surface area (Å²) >= 11 is 0. The molecule has 2 aromatic heterocycles. The van der Waals surface area contributed by atoms with Crippen LogP contribution in [0.1, 0.15) is 43.5 Å². The molecule has 3 N–H and O–H groups in total. The van der Waals surface area contributed by atoms with Gasteiger partial charge in [-0.2, -0.15) is 5.10 Å². The highest BCUT2D eigenvalue weighted by atomic mass is 16.2. The average molecular weight is 366 g/mol. The fraction of sp³-hybridized carbons (Fsp3) is 0.316. The van der Waals surface area contributed by atoms with Crippen LogP contribution < -0.4 is 10.6 Å². The number of nitrogens with zero attached hydrogens (tertiary/aromatic N) is 3. The van der Waals surface area contributed by atoms with Crippen LogP contribution in [-0.4, -0.2) is 38.5 Å². The molecule has 8 nitrogen and oxygen atoms in total. The maximum atomic E-state index is 12.2. The quantitative estimate of drug-likeness (QED) is 0.642. The minimum absolute atomic E-state index is 0.134. The summed E-state index contributed by atoms with van der Waals surface area (Å²) in [4.78, 5) is 32.8. The van der Waals surface area contributed by atoms with Gasteiger partial charge >= 0.3 is 0 Å². The summed E-state index contributed by atoms with van der Waals surface area (Å²) < 4.78 is 0. The van der Waals surface area contributed by atoms with Gasteiger partial charge in [-0.15, -0.1) is 0 Å². The minimum Gasteiger partial charge on any atom is -0.350 e. The van der Waals surface area contributed by atoms with Crippen molar-refractivity contribution in [3.8, 4) is 0 Å². The molecule has 0 saturated carbocycles. The minimum atomic E-state index is -0.321. The van der Waals surface area contributed by atoms with Crippen molar-refractivity contribution in [1.82, 2.24) is 25.5 Å². The molecule has 140 valence electrons. The predicted octanol–water partition coefficient (Wildman–Crippen LogP) is 2.41. The van der Waals surface area contributed by atoms with Gasteiger partial charge in [0.25, 0.3) is 5.91 Å². The molecular weight excluding hydrogens is 344 g/mol. The van der Waals surface area contributed by atoms with Gasteiger partial charge in [0.1, 0.15) is 5.82 Å². The third kappa shape index (κ3) is 4.46. The van der Waals surface area contributed by atoms with E-state index in [1.807, 2.05) is 45.0 Å². The smallest absolute Gasteiger partial charge is 0.272 e. The Morgan fingerprint density at radius 2 is 1.81 bits per heavy atom. The highest BCUT2D eigenvalue weighted by Gasteiger charge is 2.17. The van der Waals surface area contributed by atoms with Crippen molar-refractivity contribution in [2.45, 2.75) is 32.6 Å². The molecule has 3 rings (SSSR count). The molecule has 0 radical (unpaired) electrons. The summed E-state index contributed by atoms with van der Waals surface area (Å²) in [5, 5.41) is 13.0. The van der Waals surface area contributed by atoms with Crippen molar-refractivity contribution in [2.24, 2.45) is 0 Å². The van der Waals surface area contributed by atoms with Crippen LogP contribution in [-0.2, 0) is 10.2 Å². The maximum Gasteiger partial charge on any atom is 0.272 e. The number of para-hydroxylation sites is 1. The number of carbonyl (C=O) groups excluding carboxylic acids is 2. The predicted molar refractivity (Wildman–Crippen MR) is 102 cm³/mol. The summed E-state index contributed by atoms with van der Waals surface area (Å²) in [5.74, 6) is 0.159. The monoisotopic (exact) mass is 366 g/mol. The van der Waals surface area contributed by atoms with Crippen molar-refractivity contribution >= 4 is 28.4 Å². The van der Waals surface area contributed by atoms with E-state index in [4.69, 9.17) is 0 Å². The van der Waals surface area contributed by atoms with E-state index < -0.39 is 0 Å². The maximum absolute atomic E-state index is 12.2. The van der Waals surface area contributed by atoms with Gasteiger partial charge in [-0.25, -0.2) is 9.97 Å². The fourth-order valence-electron chi connectivity index (χ4n) is 2.51. The number of anilines is 1. The number of carbonyl (C=O) groups is 2. The summed E-state index contributed by atoms with van der Waals surface area (Å²) in [6.07, 6.45) is 3.30. The number of rotatable bonds is 5. The molecule has 2 heterocycles. The second-order valence-electron chi connectivity index (χ2n) is 7.22. The van der Waals surface area contributed by atoms with E-state index in [1.165, 1.54) is 0 Å². The normalized spacial score (nSPS) is 11.4. The van der Waals surface area contributed by atoms with Gasteiger partial charge in [0.05, 0.1) is 23.6 Å². The number of fused-ring (bicyclic) bond motifs is 1. The number of nitrogens with one attached hydrogen (secondary N) is 3. The van der Waals surface area contributed by atoms with Crippen LogP contribution in [0.2, 0.25) is 0 Å². The lowest BCUT2D eigenvalue weighted by molar-refractivity contribution is -0.116. The molecule has 0 unspecified atom stereocenters. The molecule has 0 bridgehead atoms. The molecule has 0 spiro atoms. The average Bonchev–Trinajstić information content (AvgIpc) is 3.05. The van der Waals surface area contributed by atoms with Crippen LogP contribution in [0, 0.1) is 0 Å². The molecule has 8 heteroatoms. The van der Waals surface area contributed by atoms with Crippen molar-refractivity contribution < 1.29 is 9.59 Å². The van der Waals surface area contributed by atoms with E-state index in [1.54, 1.807) is 12.4 Å². The number of amides is 2. The van der Waals surface area contributed by atoms with Gasteiger partial charge in [0, 0.05) is 23.8 Å². The molecule has 1 aromatic carbocycles. The van der Waals surface area contributed by atoms with Gasteiger partial charge in [0.2, 0.25) is 5.91 Å². The standard InChI is InChI=1S/C19H22N6O2/c1-19(2,3)18-21-10-12(11-22-18)23-15(26)8-9-20-17(27)16-13-6-4-5-7-14(13)24-25-16/h4-7,10-11H,8-9H2,1-3H3,(H,20,27)(H,23,26)(H,24,25). The van der Waals surface area contributed by atoms with E-state index >= 15 is 0 Å². The number of hydrogen-bond acceptors (Lipinski definition) is 5. The number of aromatic amines is 1. The summed E-state index contributed by atoms with van der Waals surface area (Å²) in [5.41, 5.74) is 1.48. The van der Waals surface area contributed by atoms with Crippen LogP contribution in [0.5, 0.6) is 0 Å². The summed E-state index contributed by atoms with van der Waals surface area (Å²) in [7, 11) is 0. The van der Waals surface area contributed by atoms with E-state index in [-0.39, 0.29) is 30.2 Å². The molecular formula is C19H22N6O2. The van der Waals surface area contributed by atoms with Crippen LogP contribution in [0.15, 0.2) is 36.7 Å². The van der Waals surface area contributed by atoms with Crippen molar-refractivity contribution in [3.05, 3.63) is 48.2 Å². The first kappa shape index (κ1) is 18.5. The molecule has 0 aliphatic carbocycles. The van der Waals surface area contributed by atoms with Crippen LogP contribution in [0.4, 0.5) is 5.69 Å². The molecule has 2 amide bonds. The fourth-order valence-corrected chi connectivity index (χ4v) is 2.51. The van der Waals surface area contributed by atoms with Gasteiger partial charge < -0.3 is 10.6 Å². The first-order chi connectivity index (χ1) is 12.8. The van der Waals surface area contributed by atoms with E-state index in [0.717, 1.165) is 10.9 Å². The third-order valence-corrected chi connectivity index (χ3v) is 3.93. The van der Waals surface area contributed by atoms with Gasteiger partial charge in [-0.05, 0) is 6.07 Å². The number of H-pyrrole nitrogens is 1. The Kier molecular flexibility index (Phi) is 5.16. The van der Waals surface area contributed by atoms with Crippen molar-refractivity contribution in [1.29, 1.82) is 0 Å². The zero-order valence-electron chi connectivity index (χ0n) is 15.5. The molecule has 3 aromatic rings. The van der Waals surface area contributed by atoms with Gasteiger partial charge in [-0.1, -0.05) is 39.0 Å². The van der Waals surface area contributed by atoms with Crippen LogP contribution >= 0.6 is 0 Å².